The number of fused-ring (bicyclic) bond motifs is 6. The summed E-state index contributed by atoms with van der Waals surface area (Å²) in [6.45, 7) is 5.30. The molecule has 34 heavy (non-hydrogen) atoms. The van der Waals surface area contributed by atoms with Crippen LogP contribution in [0.25, 0.3) is 10.9 Å². The van der Waals surface area contributed by atoms with Crippen molar-refractivity contribution in [2.45, 2.75) is 97.3 Å². The van der Waals surface area contributed by atoms with Gasteiger partial charge in [0.15, 0.2) is 11.6 Å². The summed E-state index contributed by atoms with van der Waals surface area (Å²) in [4.78, 5) is 8.96. The highest BCUT2D eigenvalue weighted by Gasteiger charge is 2.59. The van der Waals surface area contributed by atoms with Gasteiger partial charge < -0.3 is 0 Å². The summed E-state index contributed by atoms with van der Waals surface area (Å²) in [7, 11) is 0. The minimum Gasteiger partial charge on any atom is -0.241 e. The van der Waals surface area contributed by atoms with Crippen LogP contribution in [0.3, 0.4) is 0 Å². The molecule has 1 aromatic heterocycles. The summed E-state index contributed by atoms with van der Waals surface area (Å²) in [5.74, 6) is 3.73. The average molecular weight is 467 g/mol. The Hall–Kier alpha value is -1.58. The molecular weight excluding hydrogens is 426 g/mol. The van der Waals surface area contributed by atoms with Crippen LogP contribution >= 0.6 is 0 Å². The van der Waals surface area contributed by atoms with E-state index in [1.54, 1.807) is 6.20 Å². The Morgan fingerprint density at radius 3 is 2.59 bits per heavy atom. The standard InChI is InChI=1S/C30H40F2N2/c1-29-14-4-3-6-20(29)9-11-22-23-12-10-21(30(23,2)15-13-24(22)29)7-5-8-28-33-18-19-16-25(31)26(32)17-27(19)34-28/h16-18,20-24H,3-15H2,1-2H3. The maximum Gasteiger partial charge on any atom is 0.161 e. The molecule has 0 bridgehead atoms. The minimum absolute atomic E-state index is 0.502. The van der Waals surface area contributed by atoms with E-state index in [2.05, 4.69) is 23.8 Å². The lowest BCUT2D eigenvalue weighted by atomic mass is 9.45. The number of hydrogen-bond acceptors (Lipinski definition) is 2. The molecule has 2 nitrogen and oxygen atoms in total. The quantitative estimate of drug-likeness (QED) is 0.453. The van der Waals surface area contributed by atoms with E-state index in [-0.39, 0.29) is 0 Å². The third-order valence-electron chi connectivity index (χ3n) is 11.4. The minimum atomic E-state index is -0.839. The van der Waals surface area contributed by atoms with E-state index in [4.69, 9.17) is 0 Å². The van der Waals surface area contributed by atoms with Gasteiger partial charge in [-0.15, -0.1) is 0 Å². The second-order valence-electron chi connectivity index (χ2n) is 12.7. The molecule has 1 heterocycles. The highest BCUT2D eigenvalue weighted by molar-refractivity contribution is 5.77. The maximum absolute atomic E-state index is 13.6. The Balaban J connectivity index is 1.11. The van der Waals surface area contributed by atoms with Crippen LogP contribution in [0.15, 0.2) is 18.3 Å². The molecule has 0 radical (unpaired) electrons. The van der Waals surface area contributed by atoms with E-state index < -0.39 is 11.6 Å². The van der Waals surface area contributed by atoms with Gasteiger partial charge in [-0.05, 0) is 111 Å². The lowest BCUT2D eigenvalue weighted by Gasteiger charge is -2.60. The molecule has 4 aliphatic carbocycles. The van der Waals surface area contributed by atoms with Crippen LogP contribution in [0.2, 0.25) is 0 Å². The Bertz CT molecular complexity index is 1070. The van der Waals surface area contributed by atoms with Gasteiger partial charge in [-0.1, -0.05) is 26.7 Å². The average Bonchev–Trinajstić information content (AvgIpc) is 3.16. The van der Waals surface area contributed by atoms with Gasteiger partial charge in [0.1, 0.15) is 5.82 Å². The van der Waals surface area contributed by atoms with Gasteiger partial charge in [0.25, 0.3) is 0 Å². The summed E-state index contributed by atoms with van der Waals surface area (Å²) < 4.78 is 27.1. The first-order chi connectivity index (χ1) is 16.4. The number of aryl methyl sites for hydroxylation is 1. The lowest BCUT2D eigenvalue weighted by Crippen LogP contribution is -2.52. The number of aromatic nitrogens is 2. The normalized spacial score (nSPS) is 39.5. The molecule has 4 saturated carbocycles. The van der Waals surface area contributed by atoms with Crippen LogP contribution in [-0.4, -0.2) is 9.97 Å². The SMILES string of the molecule is CC12CCCCC1CCC1C2CCC2(C)C(CCCc3ncc4cc(F)c(F)cc4n3)CCC12. The maximum atomic E-state index is 13.6. The summed E-state index contributed by atoms with van der Waals surface area (Å²) in [5.41, 5.74) is 1.63. The van der Waals surface area contributed by atoms with E-state index >= 15 is 0 Å². The summed E-state index contributed by atoms with van der Waals surface area (Å²) in [6.07, 6.45) is 19.3. The molecule has 4 fully saturated rings. The van der Waals surface area contributed by atoms with Gasteiger partial charge in [0.05, 0.1) is 5.52 Å². The van der Waals surface area contributed by atoms with Crippen LogP contribution in [0.5, 0.6) is 0 Å². The molecule has 6 rings (SSSR count). The smallest absolute Gasteiger partial charge is 0.161 e. The first-order valence-electron chi connectivity index (χ1n) is 14.0. The predicted molar refractivity (Wildman–Crippen MR) is 132 cm³/mol. The largest absolute Gasteiger partial charge is 0.241 e. The zero-order chi connectivity index (χ0) is 23.5. The molecule has 0 saturated heterocycles. The highest BCUT2D eigenvalue weighted by atomic mass is 19.2. The van der Waals surface area contributed by atoms with Crippen LogP contribution in [0.4, 0.5) is 8.78 Å². The van der Waals surface area contributed by atoms with Crippen molar-refractivity contribution < 1.29 is 8.78 Å². The van der Waals surface area contributed by atoms with Crippen molar-refractivity contribution in [3.63, 3.8) is 0 Å². The number of rotatable bonds is 4. The fourth-order valence-electron chi connectivity index (χ4n) is 9.57. The molecule has 4 aliphatic rings. The molecule has 0 amide bonds. The van der Waals surface area contributed by atoms with E-state index in [1.165, 1.54) is 82.8 Å². The zero-order valence-corrected chi connectivity index (χ0v) is 21.0. The highest BCUT2D eigenvalue weighted by Crippen LogP contribution is 2.67. The molecule has 4 heteroatoms. The van der Waals surface area contributed by atoms with Crippen molar-refractivity contribution in [3.05, 3.63) is 35.8 Å². The van der Waals surface area contributed by atoms with E-state index in [1.807, 2.05) is 0 Å². The molecule has 184 valence electrons. The second kappa shape index (κ2) is 8.52. The first kappa shape index (κ1) is 22.9. The fourth-order valence-corrected chi connectivity index (χ4v) is 9.57. The Kier molecular flexibility index (Phi) is 5.73. The van der Waals surface area contributed by atoms with Crippen molar-refractivity contribution >= 4 is 10.9 Å². The molecule has 2 aromatic rings. The van der Waals surface area contributed by atoms with Crippen molar-refractivity contribution in [1.29, 1.82) is 0 Å². The topological polar surface area (TPSA) is 25.8 Å². The van der Waals surface area contributed by atoms with Crippen molar-refractivity contribution in [2.24, 2.45) is 40.4 Å². The lowest BCUT2D eigenvalue weighted by molar-refractivity contribution is -0.111. The second-order valence-corrected chi connectivity index (χ2v) is 12.7. The summed E-state index contributed by atoms with van der Waals surface area (Å²) >= 11 is 0. The Morgan fingerprint density at radius 2 is 1.71 bits per heavy atom. The van der Waals surface area contributed by atoms with E-state index in [9.17, 15) is 8.78 Å². The third-order valence-corrected chi connectivity index (χ3v) is 11.4. The number of benzene rings is 1. The van der Waals surface area contributed by atoms with Gasteiger partial charge >= 0.3 is 0 Å². The van der Waals surface area contributed by atoms with Crippen LogP contribution < -0.4 is 0 Å². The molecular formula is C30H40F2N2. The van der Waals surface area contributed by atoms with Crippen LogP contribution in [0.1, 0.15) is 96.7 Å². The fraction of sp³-hybridized carbons (Fsp3) is 0.733. The van der Waals surface area contributed by atoms with Crippen LogP contribution in [-0.2, 0) is 6.42 Å². The van der Waals surface area contributed by atoms with E-state index in [0.29, 0.717) is 21.7 Å². The van der Waals surface area contributed by atoms with Gasteiger partial charge in [-0.2, -0.15) is 0 Å². The third kappa shape index (κ3) is 3.61. The number of halogens is 2. The molecule has 0 spiro atoms. The monoisotopic (exact) mass is 466 g/mol. The molecule has 0 N–H and O–H groups in total. The Morgan fingerprint density at radius 1 is 0.882 bits per heavy atom. The number of hydrogen-bond donors (Lipinski definition) is 0. The molecule has 7 unspecified atom stereocenters. The van der Waals surface area contributed by atoms with Gasteiger partial charge in [0, 0.05) is 24.1 Å². The predicted octanol–water partition coefficient (Wildman–Crippen LogP) is 8.28. The van der Waals surface area contributed by atoms with Crippen LogP contribution in [0, 0.1) is 52.1 Å². The van der Waals surface area contributed by atoms with Crippen molar-refractivity contribution in [2.75, 3.05) is 0 Å². The number of nitrogens with zero attached hydrogens (tertiary/aromatic N) is 2. The first-order valence-corrected chi connectivity index (χ1v) is 14.0. The van der Waals surface area contributed by atoms with Gasteiger partial charge in [-0.3, -0.25) is 0 Å². The zero-order valence-electron chi connectivity index (χ0n) is 21.0. The van der Waals surface area contributed by atoms with E-state index in [0.717, 1.165) is 48.3 Å². The summed E-state index contributed by atoms with van der Waals surface area (Å²) in [6, 6.07) is 2.38. The van der Waals surface area contributed by atoms with Crippen molar-refractivity contribution in [3.8, 4) is 0 Å². The summed E-state index contributed by atoms with van der Waals surface area (Å²) in [5, 5.41) is 0.562. The molecule has 7 atom stereocenters. The van der Waals surface area contributed by atoms with Gasteiger partial charge in [-0.25, -0.2) is 18.7 Å². The molecule has 1 aromatic carbocycles. The van der Waals surface area contributed by atoms with Crippen molar-refractivity contribution in [1.82, 2.24) is 9.97 Å². The van der Waals surface area contributed by atoms with Gasteiger partial charge in [0.2, 0.25) is 0 Å². The Labute approximate surface area is 203 Å². The molecule has 0 aliphatic heterocycles.